The van der Waals surface area contributed by atoms with Crippen molar-refractivity contribution in [3.8, 4) is 11.1 Å². The molecule has 0 bridgehead atoms. The Morgan fingerprint density at radius 3 is 2.56 bits per heavy atom. The van der Waals surface area contributed by atoms with Crippen LogP contribution in [0.2, 0.25) is 0 Å². The molecule has 4 rings (SSSR count). The first-order valence-corrected chi connectivity index (χ1v) is 10.6. The van der Waals surface area contributed by atoms with Crippen LogP contribution in [-0.2, 0) is 4.79 Å². The van der Waals surface area contributed by atoms with E-state index in [1.165, 1.54) is 23.6 Å². The van der Waals surface area contributed by atoms with E-state index in [1.54, 1.807) is 12.1 Å². The number of anilines is 3. The zero-order chi connectivity index (χ0) is 22.7. The molecular weight excluding hydrogens is 424 g/mol. The van der Waals surface area contributed by atoms with Gasteiger partial charge in [0.1, 0.15) is 5.82 Å². The van der Waals surface area contributed by atoms with E-state index in [-0.39, 0.29) is 6.03 Å². The highest BCUT2D eigenvalue weighted by atomic mass is 32.1. The molecule has 0 saturated carbocycles. The minimum atomic E-state index is -1.28. The zero-order valence-electron chi connectivity index (χ0n) is 17.1. The quantitative estimate of drug-likeness (QED) is 0.398. The number of thiophene rings is 1. The second-order valence-corrected chi connectivity index (χ2v) is 8.01. The van der Waals surface area contributed by atoms with Crippen molar-refractivity contribution in [1.82, 2.24) is 4.98 Å². The molecule has 0 saturated heterocycles. The summed E-state index contributed by atoms with van der Waals surface area (Å²) in [6.45, 7) is 1.96. The van der Waals surface area contributed by atoms with Crippen LogP contribution in [0.4, 0.5) is 22.0 Å². The van der Waals surface area contributed by atoms with E-state index in [2.05, 4.69) is 15.6 Å². The summed E-state index contributed by atoms with van der Waals surface area (Å²) in [5, 5.41) is 19.1. The van der Waals surface area contributed by atoms with Crippen LogP contribution < -0.4 is 21.5 Å². The Hall–Kier alpha value is -4.17. The van der Waals surface area contributed by atoms with Gasteiger partial charge in [-0.1, -0.05) is 30.3 Å². The highest BCUT2D eigenvalue weighted by Crippen LogP contribution is 2.39. The van der Waals surface area contributed by atoms with Gasteiger partial charge in [0.25, 0.3) is 0 Å². The van der Waals surface area contributed by atoms with Crippen LogP contribution in [0.5, 0.6) is 0 Å². The summed E-state index contributed by atoms with van der Waals surface area (Å²) in [7, 11) is 0. The number of aliphatic carboxylic acids is 1. The van der Waals surface area contributed by atoms with Gasteiger partial charge < -0.3 is 26.3 Å². The lowest BCUT2D eigenvalue weighted by molar-refractivity contribution is -0.297. The van der Waals surface area contributed by atoms with E-state index < -0.39 is 5.97 Å². The fraction of sp³-hybridized carbons (Fsp3) is 0.0417. The summed E-state index contributed by atoms with van der Waals surface area (Å²) in [6, 6.07) is 14.6. The molecule has 7 nitrogen and oxygen atoms in total. The summed E-state index contributed by atoms with van der Waals surface area (Å²) < 4.78 is 0.838. The number of aryl methyl sites for hydroxylation is 1. The number of carbonyl (C=O) groups excluding carboxylic acids is 2. The van der Waals surface area contributed by atoms with E-state index in [0.29, 0.717) is 17.1 Å². The molecule has 0 atom stereocenters. The molecule has 160 valence electrons. The summed E-state index contributed by atoms with van der Waals surface area (Å²) in [5.41, 5.74) is 11.0. The smallest absolute Gasteiger partial charge is 0.323 e. The molecule has 0 unspecified atom stereocenters. The number of nitrogens with one attached hydrogen (secondary N) is 2. The summed E-state index contributed by atoms with van der Waals surface area (Å²) in [6.07, 6.45) is 3.95. The number of carboxylic acid groups (broad SMARTS) is 1. The predicted molar refractivity (Wildman–Crippen MR) is 127 cm³/mol. The van der Waals surface area contributed by atoms with Crippen molar-refractivity contribution in [2.75, 3.05) is 16.4 Å². The van der Waals surface area contributed by atoms with E-state index in [1.807, 2.05) is 48.7 Å². The lowest BCUT2D eigenvalue weighted by Gasteiger charge is -2.09. The van der Waals surface area contributed by atoms with Gasteiger partial charge in [0.05, 0.1) is 5.97 Å². The van der Waals surface area contributed by atoms with Gasteiger partial charge in [-0.3, -0.25) is 0 Å². The number of urea groups is 1. The van der Waals surface area contributed by atoms with Gasteiger partial charge in [-0.2, -0.15) is 0 Å². The molecule has 0 radical (unpaired) electrons. The third-order valence-electron chi connectivity index (χ3n) is 4.78. The molecule has 32 heavy (non-hydrogen) atoms. The van der Waals surface area contributed by atoms with Crippen LogP contribution in [0.1, 0.15) is 11.1 Å². The van der Waals surface area contributed by atoms with Gasteiger partial charge in [-0.15, -0.1) is 11.3 Å². The Morgan fingerprint density at radius 1 is 1.09 bits per heavy atom. The number of nitrogens with two attached hydrogens (primary N) is 1. The van der Waals surface area contributed by atoms with Crippen molar-refractivity contribution in [2.45, 2.75) is 6.92 Å². The standard InChI is InChI=1S/C24H20N4O3S/c1-14-3-2-4-18(11-14)28-24(31)27-17-8-5-15(6-9-17)19-13-32-22-16(7-10-20(29)30)12-26-23(25)21(19)22/h2-13H,1H3,(H2,25,26)(H,29,30)(H2,27,28,31)/p-1/b10-7+. The minimum Gasteiger partial charge on any atom is -0.545 e. The molecule has 2 aromatic carbocycles. The maximum atomic E-state index is 12.3. The Balaban J connectivity index is 1.56. The molecule has 0 aliphatic rings. The largest absolute Gasteiger partial charge is 0.545 e. The highest BCUT2D eigenvalue weighted by molar-refractivity contribution is 7.18. The number of benzene rings is 2. The Kier molecular flexibility index (Phi) is 5.87. The Morgan fingerprint density at radius 2 is 1.84 bits per heavy atom. The van der Waals surface area contributed by atoms with Gasteiger partial charge >= 0.3 is 6.03 Å². The topological polar surface area (TPSA) is 120 Å². The lowest BCUT2D eigenvalue weighted by atomic mass is 10.0. The fourth-order valence-electron chi connectivity index (χ4n) is 3.33. The number of carboxylic acids is 1. The maximum Gasteiger partial charge on any atom is 0.323 e. The van der Waals surface area contributed by atoms with Crippen molar-refractivity contribution in [2.24, 2.45) is 0 Å². The SMILES string of the molecule is Cc1cccc(NC(=O)Nc2ccc(-c3csc4c(/C=C/C(=O)[O-])cnc(N)c34)cc2)c1. The van der Waals surface area contributed by atoms with Crippen molar-refractivity contribution in [3.05, 3.63) is 77.3 Å². The first-order chi connectivity index (χ1) is 15.4. The van der Waals surface area contributed by atoms with Crippen LogP contribution in [0.3, 0.4) is 0 Å². The minimum absolute atomic E-state index is 0.331. The zero-order valence-corrected chi connectivity index (χ0v) is 17.9. The number of hydrogen-bond donors (Lipinski definition) is 3. The first-order valence-electron chi connectivity index (χ1n) is 9.70. The third kappa shape index (κ3) is 4.60. The van der Waals surface area contributed by atoms with Gasteiger partial charge in [0, 0.05) is 38.8 Å². The molecule has 0 aliphatic carbocycles. The summed E-state index contributed by atoms with van der Waals surface area (Å²) in [5.74, 6) is -0.914. The van der Waals surface area contributed by atoms with Crippen LogP contribution in [0.15, 0.2) is 66.2 Å². The van der Waals surface area contributed by atoms with Gasteiger partial charge in [-0.05, 0) is 53.8 Å². The van der Waals surface area contributed by atoms with Crippen LogP contribution in [-0.4, -0.2) is 17.0 Å². The van der Waals surface area contributed by atoms with E-state index in [9.17, 15) is 14.7 Å². The van der Waals surface area contributed by atoms with Crippen LogP contribution >= 0.6 is 11.3 Å². The normalized spacial score (nSPS) is 11.0. The third-order valence-corrected chi connectivity index (χ3v) is 5.81. The Bertz CT molecular complexity index is 1340. The average molecular weight is 444 g/mol. The van der Waals surface area contributed by atoms with Crippen molar-refractivity contribution in [1.29, 1.82) is 0 Å². The molecule has 2 amide bonds. The van der Waals surface area contributed by atoms with Crippen LogP contribution in [0, 0.1) is 6.92 Å². The van der Waals surface area contributed by atoms with Gasteiger partial charge in [-0.25, -0.2) is 9.78 Å². The molecule has 0 spiro atoms. The summed E-state index contributed by atoms with van der Waals surface area (Å²) in [4.78, 5) is 27.2. The van der Waals surface area contributed by atoms with E-state index >= 15 is 0 Å². The monoisotopic (exact) mass is 443 g/mol. The molecule has 4 aromatic rings. The highest BCUT2D eigenvalue weighted by Gasteiger charge is 2.13. The molecule has 0 fully saturated rings. The Labute approximate surface area is 188 Å². The average Bonchev–Trinajstić information content (AvgIpc) is 3.20. The molecule has 2 aromatic heterocycles. The molecule has 4 N–H and O–H groups in total. The molecule has 2 heterocycles. The van der Waals surface area contributed by atoms with E-state index in [0.717, 1.165) is 38.5 Å². The fourth-order valence-corrected chi connectivity index (χ4v) is 4.40. The number of aromatic nitrogens is 1. The predicted octanol–water partition coefficient (Wildman–Crippen LogP) is 4.26. The number of pyridine rings is 1. The van der Waals surface area contributed by atoms with Crippen molar-refractivity contribution < 1.29 is 14.7 Å². The number of fused-ring (bicyclic) bond motifs is 1. The number of nitrogens with zero attached hydrogens (tertiary/aromatic N) is 1. The second kappa shape index (κ2) is 8.91. The number of rotatable bonds is 5. The molecular formula is C24H19N4O3S-. The number of carbonyl (C=O) groups is 2. The second-order valence-electron chi connectivity index (χ2n) is 7.13. The lowest BCUT2D eigenvalue weighted by Crippen LogP contribution is -2.19. The molecule has 8 heteroatoms. The van der Waals surface area contributed by atoms with Gasteiger partial charge in [0.2, 0.25) is 0 Å². The van der Waals surface area contributed by atoms with E-state index in [4.69, 9.17) is 5.73 Å². The maximum absolute atomic E-state index is 12.3. The van der Waals surface area contributed by atoms with Crippen LogP contribution in [0.25, 0.3) is 27.3 Å². The first kappa shape index (κ1) is 21.1. The summed E-state index contributed by atoms with van der Waals surface area (Å²) >= 11 is 1.45. The number of amides is 2. The van der Waals surface area contributed by atoms with Gasteiger partial charge in [0.15, 0.2) is 0 Å². The number of nitrogen functional groups attached to an aromatic ring is 1. The van der Waals surface area contributed by atoms with Crippen molar-refractivity contribution >= 4 is 56.7 Å². The number of hydrogen-bond acceptors (Lipinski definition) is 6. The molecule has 0 aliphatic heterocycles. The van der Waals surface area contributed by atoms with Crippen molar-refractivity contribution in [3.63, 3.8) is 0 Å².